The van der Waals surface area contributed by atoms with Gasteiger partial charge in [-0.15, -0.1) is 0 Å². The number of rotatable bonds is 2. The van der Waals surface area contributed by atoms with E-state index in [1.54, 1.807) is 0 Å². The Morgan fingerprint density at radius 1 is 0.810 bits per heavy atom. The summed E-state index contributed by atoms with van der Waals surface area (Å²) in [5.41, 5.74) is 1.66. The Labute approximate surface area is 126 Å². The smallest absolute Gasteiger partial charge is 0.137 e. The van der Waals surface area contributed by atoms with Gasteiger partial charge in [-0.3, -0.25) is 10.1 Å². The van der Waals surface area contributed by atoms with Crippen molar-refractivity contribution in [2.75, 3.05) is 0 Å². The maximum absolute atomic E-state index is 12.4. The number of carbonyl (C=O) groups excluding carboxylic acids is 1. The molecule has 1 N–H and O–H groups in total. The van der Waals surface area contributed by atoms with Gasteiger partial charge in [-0.05, 0) is 25.0 Å². The average Bonchev–Trinajstić information content (AvgIpc) is 2.47. The summed E-state index contributed by atoms with van der Waals surface area (Å²) in [6.45, 7) is 4.20. The average molecular weight is 279 g/mol. The molecule has 0 radical (unpaired) electrons. The standard InChI is InChI=1S/C19H21NO/c1-18(2)13-17(21)14-19(20-18,15-9-5-3-6-10-15)16-11-7-4-8-12-16/h3-12,20H,13-14H2,1-2H3. The predicted octanol–water partition coefficient (Wildman–Crippen LogP) is 3.66. The Balaban J connectivity index is 2.18. The molecule has 1 aliphatic heterocycles. The fourth-order valence-corrected chi connectivity index (χ4v) is 3.48. The highest BCUT2D eigenvalue weighted by molar-refractivity contribution is 5.83. The molecule has 2 nitrogen and oxygen atoms in total. The van der Waals surface area contributed by atoms with Gasteiger partial charge < -0.3 is 0 Å². The second-order valence-corrected chi connectivity index (χ2v) is 6.54. The van der Waals surface area contributed by atoms with Crippen LogP contribution < -0.4 is 5.32 Å². The molecule has 108 valence electrons. The molecule has 21 heavy (non-hydrogen) atoms. The predicted molar refractivity (Wildman–Crippen MR) is 85.1 cm³/mol. The maximum Gasteiger partial charge on any atom is 0.137 e. The van der Waals surface area contributed by atoms with Gasteiger partial charge in [0.15, 0.2) is 0 Å². The molecule has 0 spiro atoms. The Hall–Kier alpha value is -1.93. The Kier molecular flexibility index (Phi) is 3.42. The minimum atomic E-state index is -0.429. The molecule has 0 bridgehead atoms. The van der Waals surface area contributed by atoms with E-state index in [1.807, 2.05) is 36.4 Å². The number of carbonyl (C=O) groups is 1. The van der Waals surface area contributed by atoms with Gasteiger partial charge in [-0.1, -0.05) is 60.7 Å². The second kappa shape index (κ2) is 5.12. The first-order valence-electron chi connectivity index (χ1n) is 7.44. The lowest BCUT2D eigenvalue weighted by atomic mass is 9.72. The van der Waals surface area contributed by atoms with E-state index in [0.29, 0.717) is 18.6 Å². The van der Waals surface area contributed by atoms with E-state index in [1.165, 1.54) is 0 Å². The summed E-state index contributed by atoms with van der Waals surface area (Å²) in [6.07, 6.45) is 1.08. The molecule has 0 saturated carbocycles. The molecule has 3 rings (SSSR count). The quantitative estimate of drug-likeness (QED) is 0.909. The van der Waals surface area contributed by atoms with Crippen LogP contribution in [0, 0.1) is 0 Å². The van der Waals surface area contributed by atoms with Crippen molar-refractivity contribution in [1.82, 2.24) is 5.32 Å². The van der Waals surface area contributed by atoms with Crippen LogP contribution in [0.1, 0.15) is 37.8 Å². The third-order valence-electron chi connectivity index (χ3n) is 4.19. The number of hydrogen-bond acceptors (Lipinski definition) is 2. The van der Waals surface area contributed by atoms with Crippen molar-refractivity contribution >= 4 is 5.78 Å². The van der Waals surface area contributed by atoms with E-state index < -0.39 is 5.54 Å². The molecule has 1 fully saturated rings. The summed E-state index contributed by atoms with van der Waals surface area (Å²) >= 11 is 0. The molecule has 2 aromatic rings. The zero-order valence-electron chi connectivity index (χ0n) is 12.6. The highest BCUT2D eigenvalue weighted by Crippen LogP contribution is 2.39. The van der Waals surface area contributed by atoms with E-state index in [4.69, 9.17) is 0 Å². The van der Waals surface area contributed by atoms with Crippen LogP contribution in [-0.4, -0.2) is 11.3 Å². The minimum absolute atomic E-state index is 0.207. The van der Waals surface area contributed by atoms with E-state index in [2.05, 4.69) is 43.4 Å². The third-order valence-corrected chi connectivity index (χ3v) is 4.19. The molecule has 2 heteroatoms. The Bertz CT molecular complexity index is 592. The summed E-state index contributed by atoms with van der Waals surface area (Å²) in [6, 6.07) is 20.6. The highest BCUT2D eigenvalue weighted by Gasteiger charge is 2.45. The van der Waals surface area contributed by atoms with E-state index in [-0.39, 0.29) is 5.54 Å². The van der Waals surface area contributed by atoms with Crippen LogP contribution >= 0.6 is 0 Å². The van der Waals surface area contributed by atoms with Gasteiger partial charge in [0.25, 0.3) is 0 Å². The van der Waals surface area contributed by atoms with Crippen molar-refractivity contribution < 1.29 is 4.79 Å². The van der Waals surface area contributed by atoms with E-state index >= 15 is 0 Å². The van der Waals surface area contributed by atoms with Gasteiger partial charge in [0.05, 0.1) is 5.54 Å². The number of piperidine rings is 1. The normalized spacial score (nSPS) is 20.2. The first kappa shape index (κ1) is 14.0. The summed E-state index contributed by atoms with van der Waals surface area (Å²) in [7, 11) is 0. The topological polar surface area (TPSA) is 29.1 Å². The lowest BCUT2D eigenvalue weighted by molar-refractivity contribution is -0.124. The molecule has 0 aromatic heterocycles. The maximum atomic E-state index is 12.4. The van der Waals surface area contributed by atoms with Crippen molar-refractivity contribution in [3.05, 3.63) is 71.8 Å². The molecule has 0 aliphatic carbocycles. The minimum Gasteiger partial charge on any atom is -0.300 e. The molecule has 1 heterocycles. The monoisotopic (exact) mass is 279 g/mol. The molecule has 0 atom stereocenters. The zero-order chi connectivity index (χ0) is 14.9. The fourth-order valence-electron chi connectivity index (χ4n) is 3.48. The number of hydrogen-bond donors (Lipinski definition) is 1. The molecule has 2 aromatic carbocycles. The zero-order valence-corrected chi connectivity index (χ0v) is 12.6. The fraction of sp³-hybridized carbons (Fsp3) is 0.316. The van der Waals surface area contributed by atoms with Gasteiger partial charge in [0, 0.05) is 18.4 Å². The molecule has 0 unspecified atom stereocenters. The number of nitrogens with one attached hydrogen (secondary N) is 1. The number of benzene rings is 2. The molecular formula is C19H21NO. The van der Waals surface area contributed by atoms with Crippen molar-refractivity contribution in [3.63, 3.8) is 0 Å². The molecular weight excluding hydrogens is 258 g/mol. The summed E-state index contributed by atoms with van der Waals surface area (Å²) in [5.74, 6) is 0.312. The van der Waals surface area contributed by atoms with Crippen molar-refractivity contribution in [3.8, 4) is 0 Å². The van der Waals surface area contributed by atoms with Crippen LogP contribution in [0.3, 0.4) is 0 Å². The Morgan fingerprint density at radius 2 is 1.29 bits per heavy atom. The lowest BCUT2D eigenvalue weighted by Gasteiger charge is -2.46. The van der Waals surface area contributed by atoms with Gasteiger partial charge in [-0.25, -0.2) is 0 Å². The van der Waals surface area contributed by atoms with Crippen LogP contribution in [0.4, 0.5) is 0 Å². The van der Waals surface area contributed by atoms with Gasteiger partial charge in [0.2, 0.25) is 0 Å². The largest absolute Gasteiger partial charge is 0.300 e. The third kappa shape index (κ3) is 2.64. The molecule has 1 aliphatic rings. The van der Waals surface area contributed by atoms with Crippen LogP contribution in [-0.2, 0) is 10.3 Å². The molecule has 0 amide bonds. The number of Topliss-reactive ketones (excluding diaryl/α,β-unsaturated/α-hetero) is 1. The second-order valence-electron chi connectivity index (χ2n) is 6.54. The SMILES string of the molecule is CC1(C)CC(=O)CC(c2ccccc2)(c2ccccc2)N1. The van der Waals surface area contributed by atoms with Crippen LogP contribution in [0.25, 0.3) is 0 Å². The van der Waals surface area contributed by atoms with Gasteiger partial charge in [0.1, 0.15) is 5.78 Å². The first-order valence-corrected chi connectivity index (χ1v) is 7.44. The van der Waals surface area contributed by atoms with Crippen molar-refractivity contribution in [2.24, 2.45) is 0 Å². The summed E-state index contributed by atoms with van der Waals surface area (Å²) in [5, 5.41) is 3.75. The van der Waals surface area contributed by atoms with E-state index in [0.717, 1.165) is 11.1 Å². The van der Waals surface area contributed by atoms with Crippen LogP contribution in [0.15, 0.2) is 60.7 Å². The highest BCUT2D eigenvalue weighted by atomic mass is 16.1. The van der Waals surface area contributed by atoms with Crippen molar-refractivity contribution in [1.29, 1.82) is 0 Å². The van der Waals surface area contributed by atoms with Crippen LogP contribution in [0.2, 0.25) is 0 Å². The van der Waals surface area contributed by atoms with Gasteiger partial charge in [-0.2, -0.15) is 0 Å². The van der Waals surface area contributed by atoms with Crippen LogP contribution in [0.5, 0.6) is 0 Å². The van der Waals surface area contributed by atoms with Crippen molar-refractivity contribution in [2.45, 2.75) is 37.8 Å². The summed E-state index contributed by atoms with van der Waals surface area (Å²) in [4.78, 5) is 12.4. The molecule has 1 saturated heterocycles. The van der Waals surface area contributed by atoms with E-state index in [9.17, 15) is 4.79 Å². The first-order chi connectivity index (χ1) is 10.0. The Morgan fingerprint density at radius 3 is 1.71 bits per heavy atom. The van der Waals surface area contributed by atoms with Gasteiger partial charge >= 0.3 is 0 Å². The number of ketones is 1. The summed E-state index contributed by atoms with van der Waals surface area (Å²) < 4.78 is 0. The lowest BCUT2D eigenvalue weighted by Crippen LogP contribution is -2.59.